The first-order valence-electron chi connectivity index (χ1n) is 22.9. The summed E-state index contributed by atoms with van der Waals surface area (Å²) in [6, 6.07) is 28.0. The summed E-state index contributed by atoms with van der Waals surface area (Å²) in [5.74, 6) is -0.00549. The van der Waals surface area contributed by atoms with Gasteiger partial charge in [-0.25, -0.2) is 9.97 Å². The van der Waals surface area contributed by atoms with E-state index in [4.69, 9.17) is 23.1 Å². The van der Waals surface area contributed by atoms with Crippen molar-refractivity contribution in [2.24, 2.45) is 0 Å². The van der Waals surface area contributed by atoms with Crippen LogP contribution in [0.1, 0.15) is 17.8 Å². The molecule has 10 rings (SSSR count). The van der Waals surface area contributed by atoms with E-state index in [9.17, 15) is 4.11 Å². The van der Waals surface area contributed by atoms with Gasteiger partial charge in [-0.15, -0.1) is 0 Å². The van der Waals surface area contributed by atoms with E-state index in [1.54, 1.807) is 12.1 Å². The number of para-hydroxylation sites is 2. The van der Waals surface area contributed by atoms with Crippen LogP contribution in [0.3, 0.4) is 0 Å². The second-order valence-corrected chi connectivity index (χ2v) is 12.0. The van der Waals surface area contributed by atoms with E-state index in [1.807, 2.05) is 84.9 Å². The molecule has 0 N–H and O–H groups in total. The van der Waals surface area contributed by atoms with Crippen LogP contribution in [0, 0.1) is 0 Å². The van der Waals surface area contributed by atoms with E-state index in [0.717, 1.165) is 28.2 Å². The fraction of sp³-hybridized carbons (Fsp3) is 0. The molecule has 4 nitrogen and oxygen atoms in total. The summed E-state index contributed by atoms with van der Waals surface area (Å²) < 4.78 is 121. The fourth-order valence-corrected chi connectivity index (χ4v) is 6.35. The zero-order valence-corrected chi connectivity index (χ0v) is 27.1. The molecule has 244 valence electrons. The minimum Gasteiger partial charge on any atom is -0.456 e. The van der Waals surface area contributed by atoms with Gasteiger partial charge >= 0.3 is 0 Å². The number of hydrogen-bond donors (Lipinski definition) is 0. The van der Waals surface area contributed by atoms with Gasteiger partial charge in [0.15, 0.2) is 5.82 Å². The molecule has 4 heteroatoms. The second-order valence-electron chi connectivity index (χ2n) is 12.0. The summed E-state index contributed by atoms with van der Waals surface area (Å²) in [4.78, 5) is 11.5. The molecule has 0 unspecified atom stereocenters. The molecule has 0 bridgehead atoms. The zero-order chi connectivity index (χ0) is 45.7. The fourth-order valence-electron chi connectivity index (χ4n) is 6.35. The van der Waals surface area contributed by atoms with Crippen molar-refractivity contribution in [1.82, 2.24) is 9.97 Å². The quantitative estimate of drug-likeness (QED) is 0.176. The van der Waals surface area contributed by atoms with Gasteiger partial charge in [0, 0.05) is 44.3 Å². The molecular formula is C48H31N3O. The Kier molecular flexibility index (Phi) is 4.61. The Hall–Kier alpha value is -7.04. The average Bonchev–Trinajstić information content (AvgIpc) is 3.75. The number of furan rings is 1. The van der Waals surface area contributed by atoms with Crippen LogP contribution in [-0.4, -0.2) is 9.97 Å². The van der Waals surface area contributed by atoms with E-state index < -0.39 is 78.6 Å². The molecule has 0 fully saturated rings. The highest BCUT2D eigenvalue weighted by Crippen LogP contribution is 2.39. The second kappa shape index (κ2) is 12.4. The van der Waals surface area contributed by atoms with Crippen molar-refractivity contribution >= 4 is 60.7 Å². The molecule has 0 aliphatic heterocycles. The summed E-state index contributed by atoms with van der Waals surface area (Å²) in [6.45, 7) is 0. The van der Waals surface area contributed by atoms with Gasteiger partial charge in [-0.05, 0) is 101 Å². The van der Waals surface area contributed by atoms with Crippen LogP contribution in [0.4, 0.5) is 17.1 Å². The number of nitrogens with zero attached hydrogens (tertiary/aromatic N) is 3. The van der Waals surface area contributed by atoms with E-state index in [2.05, 4.69) is 22.0 Å². The first-order valence-corrected chi connectivity index (χ1v) is 16.4. The molecule has 2 aromatic heterocycles. The third kappa shape index (κ3) is 5.26. The summed E-state index contributed by atoms with van der Waals surface area (Å²) >= 11 is 0. The first-order chi connectivity index (χ1) is 31.2. The minimum atomic E-state index is -0.619. The molecule has 52 heavy (non-hydrogen) atoms. The van der Waals surface area contributed by atoms with Gasteiger partial charge in [-0.1, -0.05) is 109 Å². The zero-order valence-electron chi connectivity index (χ0n) is 40.1. The van der Waals surface area contributed by atoms with Crippen LogP contribution in [-0.2, 0) is 0 Å². The smallest absolute Gasteiger partial charge is 0.160 e. The van der Waals surface area contributed by atoms with Gasteiger partial charge in [-0.2, -0.15) is 0 Å². The third-order valence-corrected chi connectivity index (χ3v) is 8.84. The molecule has 0 atom stereocenters. The highest BCUT2D eigenvalue weighted by molar-refractivity contribution is 6.11. The normalized spacial score (nSPS) is 15.0. The maximum Gasteiger partial charge on any atom is 0.160 e. The van der Waals surface area contributed by atoms with E-state index in [-0.39, 0.29) is 60.7 Å². The molecule has 10 aromatic rings. The van der Waals surface area contributed by atoms with E-state index >= 15 is 0 Å². The molecule has 0 aliphatic carbocycles. The Morgan fingerprint density at radius 3 is 1.79 bits per heavy atom. The van der Waals surface area contributed by atoms with Gasteiger partial charge < -0.3 is 9.32 Å². The largest absolute Gasteiger partial charge is 0.456 e. The number of rotatable bonds is 6. The van der Waals surface area contributed by atoms with E-state index in [0.29, 0.717) is 5.56 Å². The lowest BCUT2D eigenvalue weighted by molar-refractivity contribution is 0.669. The van der Waals surface area contributed by atoms with Gasteiger partial charge in [0.25, 0.3) is 0 Å². The van der Waals surface area contributed by atoms with Crippen LogP contribution < -0.4 is 4.90 Å². The predicted molar refractivity (Wildman–Crippen MR) is 215 cm³/mol. The molecular weight excluding hydrogens is 635 g/mol. The predicted octanol–water partition coefficient (Wildman–Crippen LogP) is 13.2. The maximum absolute atomic E-state index is 9.48. The summed E-state index contributed by atoms with van der Waals surface area (Å²) in [5.41, 5.74) is 3.64. The van der Waals surface area contributed by atoms with Gasteiger partial charge in [0.2, 0.25) is 0 Å². The number of hydrogen-bond acceptors (Lipinski definition) is 4. The van der Waals surface area contributed by atoms with Gasteiger partial charge in [0.1, 0.15) is 11.2 Å². The molecule has 0 spiro atoms. The van der Waals surface area contributed by atoms with Crippen LogP contribution in [0.2, 0.25) is 0 Å². The Labute approximate surface area is 319 Å². The SMILES string of the molecule is [2H]c1c([2H])c([2H])c2c(-c3c([2H])c([2H])c4c(oc5c([2H])c6c([2H])c([2H])c([2H])c([2H])c6c([2H])c54)c3[2H])nc(-c3ccc(N(c4ccccc4)c4ccc(-c5ccccc5)cc4)cc3)nc2c1[2H]. The lowest BCUT2D eigenvalue weighted by Gasteiger charge is -2.26. The summed E-state index contributed by atoms with van der Waals surface area (Å²) in [5, 5.41) is -1.16. The monoisotopic (exact) mass is 678 g/mol. The highest BCUT2D eigenvalue weighted by atomic mass is 16.3. The summed E-state index contributed by atoms with van der Waals surface area (Å²) in [6.07, 6.45) is 0. The van der Waals surface area contributed by atoms with Crippen molar-refractivity contribution in [2.45, 2.75) is 0 Å². The highest BCUT2D eigenvalue weighted by Gasteiger charge is 2.17. The number of anilines is 3. The van der Waals surface area contributed by atoms with E-state index in [1.165, 1.54) is 0 Å². The van der Waals surface area contributed by atoms with Crippen molar-refractivity contribution in [1.29, 1.82) is 0 Å². The Morgan fingerprint density at radius 2 is 1.04 bits per heavy atom. The number of benzene rings is 8. The van der Waals surface area contributed by atoms with Crippen molar-refractivity contribution in [3.8, 4) is 33.8 Å². The van der Waals surface area contributed by atoms with Gasteiger partial charge in [-0.3, -0.25) is 0 Å². The van der Waals surface area contributed by atoms with Crippen LogP contribution >= 0.6 is 0 Å². The molecule has 0 saturated carbocycles. The molecule has 0 aliphatic rings. The van der Waals surface area contributed by atoms with Crippen molar-refractivity contribution in [3.63, 3.8) is 0 Å². The third-order valence-electron chi connectivity index (χ3n) is 8.84. The Balaban J connectivity index is 1.17. The van der Waals surface area contributed by atoms with Crippen LogP contribution in [0.15, 0.2) is 192 Å². The topological polar surface area (TPSA) is 42.2 Å². The van der Waals surface area contributed by atoms with Crippen molar-refractivity contribution in [3.05, 3.63) is 188 Å². The van der Waals surface area contributed by atoms with Crippen molar-refractivity contribution in [2.75, 3.05) is 4.90 Å². The lowest BCUT2D eigenvalue weighted by Crippen LogP contribution is -2.09. The number of aromatic nitrogens is 2. The molecule has 8 aromatic carbocycles. The lowest BCUT2D eigenvalue weighted by atomic mass is 10.0. The average molecular weight is 679 g/mol. The maximum atomic E-state index is 9.48. The number of fused-ring (bicyclic) bond motifs is 5. The standard InChI is InChI=1S/C48H31N3O/c1-3-11-32(12-4-1)33-19-24-39(25-20-33)51(38-15-5-2-6-16-38)40-26-21-34(22-27-40)48-49-44-18-10-9-17-42(44)47(50-48)37-23-28-41-43-29-35-13-7-8-14-36(35)30-46(43)52-45(41)31-37/h1-31H/i7D,8D,9D,10D,13D,14D,17D,18D,23D,28D,29D,30D,31D. The molecule has 0 radical (unpaired) electrons. The first kappa shape index (κ1) is 19.4. The summed E-state index contributed by atoms with van der Waals surface area (Å²) in [7, 11) is 0. The molecule has 2 heterocycles. The van der Waals surface area contributed by atoms with Crippen LogP contribution in [0.25, 0.3) is 77.4 Å². The molecule has 0 saturated heterocycles. The molecule has 0 amide bonds. The van der Waals surface area contributed by atoms with Gasteiger partial charge in [0.05, 0.1) is 29.0 Å². The van der Waals surface area contributed by atoms with Crippen molar-refractivity contribution < 1.29 is 22.2 Å². The minimum absolute atomic E-state index is 0.00549. The Bertz CT molecular complexity index is 3620. The Morgan fingerprint density at radius 1 is 0.442 bits per heavy atom. The van der Waals surface area contributed by atoms with Crippen LogP contribution in [0.5, 0.6) is 0 Å².